The molecule has 0 saturated carbocycles. The predicted molar refractivity (Wildman–Crippen MR) is 108 cm³/mol. The summed E-state index contributed by atoms with van der Waals surface area (Å²) in [5.74, 6) is -0.335. The topological polar surface area (TPSA) is 114 Å². The molecule has 0 bridgehead atoms. The lowest BCUT2D eigenvalue weighted by molar-refractivity contribution is -0.126. The normalized spacial score (nSPS) is 12.1. The first-order valence-electron chi connectivity index (χ1n) is 9.20. The number of nitrogens with one attached hydrogen (secondary N) is 2. The van der Waals surface area contributed by atoms with Gasteiger partial charge in [0.2, 0.25) is 11.8 Å². The minimum Gasteiger partial charge on any atom is -0.377 e. The Morgan fingerprint density at radius 3 is 1.14 bits per heavy atom. The van der Waals surface area contributed by atoms with Crippen LogP contribution in [-0.2, 0) is 36.1 Å². The van der Waals surface area contributed by atoms with E-state index in [9.17, 15) is 9.59 Å². The zero-order valence-corrected chi connectivity index (χ0v) is 19.9. The number of carbonyl (C=O) groups excluding carboxylic acids is 2. The van der Waals surface area contributed by atoms with E-state index in [2.05, 4.69) is 10.6 Å². The van der Waals surface area contributed by atoms with Crippen molar-refractivity contribution in [2.75, 3.05) is 55.7 Å². The quantitative estimate of drug-likeness (QED) is 0.249. The second-order valence-electron chi connectivity index (χ2n) is 6.00. The highest BCUT2D eigenvalue weighted by molar-refractivity contribution is 6.60. The summed E-state index contributed by atoms with van der Waals surface area (Å²) in [5.41, 5.74) is 0. The Labute approximate surface area is 170 Å². The average Bonchev–Trinajstić information content (AvgIpc) is 2.73. The molecule has 2 N–H and O–H groups in total. The molecular weight excluding hydrogens is 404 g/mol. The van der Waals surface area contributed by atoms with Gasteiger partial charge in [0.25, 0.3) is 0 Å². The van der Waals surface area contributed by atoms with E-state index in [1.165, 1.54) is 0 Å². The van der Waals surface area contributed by atoms with Crippen LogP contribution < -0.4 is 10.6 Å². The molecule has 0 saturated heterocycles. The molecule has 0 spiro atoms. The van der Waals surface area contributed by atoms with Gasteiger partial charge in [-0.15, -0.1) is 0 Å². The van der Waals surface area contributed by atoms with Crippen LogP contribution in [0.1, 0.15) is 25.7 Å². The number of rotatable bonds is 17. The second kappa shape index (κ2) is 15.0. The molecule has 0 radical (unpaired) electrons. The van der Waals surface area contributed by atoms with Crippen LogP contribution in [0, 0.1) is 0 Å². The molecule has 10 nitrogen and oxygen atoms in total. The first-order valence-corrected chi connectivity index (χ1v) is 13.1. The van der Waals surface area contributed by atoms with Crippen LogP contribution in [0.2, 0.25) is 12.1 Å². The second-order valence-corrected chi connectivity index (χ2v) is 12.2. The Balaban J connectivity index is 3.91. The third-order valence-corrected chi connectivity index (χ3v) is 10.1. The van der Waals surface area contributed by atoms with E-state index in [4.69, 9.17) is 26.6 Å². The highest BCUT2D eigenvalue weighted by Crippen LogP contribution is 2.15. The largest absolute Gasteiger partial charge is 0.500 e. The molecular formula is C16H36N2O8Si2. The molecule has 0 aliphatic carbocycles. The predicted octanol–water partition coefficient (Wildman–Crippen LogP) is 0.535. The van der Waals surface area contributed by atoms with E-state index in [0.29, 0.717) is 38.0 Å². The van der Waals surface area contributed by atoms with E-state index in [-0.39, 0.29) is 24.7 Å². The van der Waals surface area contributed by atoms with Crippen molar-refractivity contribution in [3.8, 4) is 0 Å². The van der Waals surface area contributed by atoms with E-state index in [1.54, 1.807) is 42.7 Å². The molecule has 0 heterocycles. The summed E-state index contributed by atoms with van der Waals surface area (Å²) in [4.78, 5) is 23.7. The molecule has 0 fully saturated rings. The van der Waals surface area contributed by atoms with Crippen LogP contribution >= 0.6 is 0 Å². The monoisotopic (exact) mass is 440 g/mol. The van der Waals surface area contributed by atoms with Crippen LogP contribution in [0.5, 0.6) is 0 Å². The Morgan fingerprint density at radius 1 is 0.607 bits per heavy atom. The fourth-order valence-electron chi connectivity index (χ4n) is 2.58. The number of hydrogen-bond donors (Lipinski definition) is 2. The lowest BCUT2D eigenvalue weighted by atomic mass is 10.2. The van der Waals surface area contributed by atoms with Gasteiger partial charge in [-0.3, -0.25) is 9.59 Å². The van der Waals surface area contributed by atoms with Gasteiger partial charge in [0.05, 0.1) is 0 Å². The lowest BCUT2D eigenvalue weighted by Gasteiger charge is -2.24. The van der Waals surface area contributed by atoms with Crippen molar-refractivity contribution in [2.24, 2.45) is 0 Å². The van der Waals surface area contributed by atoms with Crippen molar-refractivity contribution in [1.82, 2.24) is 10.6 Å². The van der Waals surface area contributed by atoms with E-state index in [1.807, 2.05) is 0 Å². The first-order chi connectivity index (χ1) is 13.4. The van der Waals surface area contributed by atoms with E-state index < -0.39 is 17.6 Å². The molecule has 0 aromatic rings. The Hall–Kier alpha value is -0.866. The minimum atomic E-state index is -2.61. The molecule has 0 unspecified atom stereocenters. The van der Waals surface area contributed by atoms with Gasteiger partial charge in [0, 0.05) is 80.7 Å². The SMILES string of the molecule is CO[Si](CCCNC(=O)CCC(=O)NCCC[Si](OC)(OC)OC)(OC)OC. The molecule has 2 amide bonds. The standard InChI is InChI=1S/C16H36N2O8Si2/c1-21-27(22-2,23-3)13-7-11-17-15(19)9-10-16(20)18-12-8-14-28(24-4,25-5)26-6/h7-14H2,1-6H3,(H,17,19)(H,18,20). The fraction of sp³-hybridized carbons (Fsp3) is 0.875. The van der Waals surface area contributed by atoms with Gasteiger partial charge >= 0.3 is 17.6 Å². The number of hydrogen-bond acceptors (Lipinski definition) is 8. The molecule has 12 heteroatoms. The molecule has 0 rings (SSSR count). The van der Waals surface area contributed by atoms with Crippen LogP contribution in [0.25, 0.3) is 0 Å². The van der Waals surface area contributed by atoms with Gasteiger partial charge in [-0.1, -0.05) is 0 Å². The van der Waals surface area contributed by atoms with Crippen LogP contribution in [0.15, 0.2) is 0 Å². The van der Waals surface area contributed by atoms with Crippen LogP contribution in [-0.4, -0.2) is 85.2 Å². The lowest BCUT2D eigenvalue weighted by Crippen LogP contribution is -2.43. The first kappa shape index (κ1) is 27.1. The van der Waals surface area contributed by atoms with Crippen molar-refractivity contribution in [3.63, 3.8) is 0 Å². The van der Waals surface area contributed by atoms with Crippen molar-refractivity contribution in [2.45, 2.75) is 37.8 Å². The highest BCUT2D eigenvalue weighted by atomic mass is 28.4. The molecule has 0 aliphatic rings. The summed E-state index contributed by atoms with van der Waals surface area (Å²) in [7, 11) is 4.11. The Morgan fingerprint density at radius 2 is 0.893 bits per heavy atom. The fourth-order valence-corrected chi connectivity index (χ4v) is 6.03. The van der Waals surface area contributed by atoms with Crippen LogP contribution in [0.3, 0.4) is 0 Å². The van der Waals surface area contributed by atoms with Gasteiger partial charge in [0.15, 0.2) is 0 Å². The van der Waals surface area contributed by atoms with Gasteiger partial charge in [0.1, 0.15) is 0 Å². The summed E-state index contributed by atoms with van der Waals surface area (Å²) in [6.45, 7) is 0.950. The zero-order valence-electron chi connectivity index (χ0n) is 17.9. The maximum atomic E-state index is 11.8. The summed E-state index contributed by atoms with van der Waals surface area (Å²) < 4.78 is 31.9. The van der Waals surface area contributed by atoms with Crippen molar-refractivity contribution >= 4 is 29.4 Å². The van der Waals surface area contributed by atoms with Crippen molar-refractivity contribution in [3.05, 3.63) is 0 Å². The maximum absolute atomic E-state index is 11.8. The molecule has 0 aromatic carbocycles. The van der Waals surface area contributed by atoms with Crippen LogP contribution in [0.4, 0.5) is 0 Å². The summed E-state index contributed by atoms with van der Waals surface area (Å²) in [6, 6.07) is 1.21. The molecule has 0 atom stereocenters. The maximum Gasteiger partial charge on any atom is 0.500 e. The molecule has 0 aromatic heterocycles. The van der Waals surface area contributed by atoms with E-state index >= 15 is 0 Å². The summed E-state index contributed by atoms with van der Waals surface area (Å²) >= 11 is 0. The summed E-state index contributed by atoms with van der Waals surface area (Å²) in [6.07, 6.45) is 1.62. The van der Waals surface area contributed by atoms with Gasteiger partial charge in [-0.05, 0) is 12.8 Å². The smallest absolute Gasteiger partial charge is 0.377 e. The Kier molecular flexibility index (Phi) is 14.6. The number of carbonyl (C=O) groups is 2. The molecule has 0 aliphatic heterocycles. The average molecular weight is 441 g/mol. The van der Waals surface area contributed by atoms with Crippen molar-refractivity contribution < 1.29 is 36.1 Å². The molecule has 166 valence electrons. The van der Waals surface area contributed by atoms with Crippen molar-refractivity contribution in [1.29, 1.82) is 0 Å². The number of amides is 2. The van der Waals surface area contributed by atoms with E-state index in [0.717, 1.165) is 0 Å². The minimum absolute atomic E-state index is 0.139. The Bertz CT molecular complexity index is 392. The summed E-state index contributed by atoms with van der Waals surface area (Å²) in [5, 5.41) is 5.57. The molecule has 28 heavy (non-hydrogen) atoms. The highest BCUT2D eigenvalue weighted by Gasteiger charge is 2.37. The third-order valence-electron chi connectivity index (χ3n) is 4.41. The third kappa shape index (κ3) is 10.1. The van der Waals surface area contributed by atoms with Gasteiger partial charge in [-0.2, -0.15) is 0 Å². The van der Waals surface area contributed by atoms with Gasteiger partial charge < -0.3 is 37.2 Å². The zero-order chi connectivity index (χ0) is 21.5. The van der Waals surface area contributed by atoms with Gasteiger partial charge in [-0.25, -0.2) is 0 Å².